The van der Waals surface area contributed by atoms with Crippen LogP contribution in [0.1, 0.15) is 23.7 Å². The molecule has 0 unspecified atom stereocenters. The number of esters is 1. The van der Waals surface area contributed by atoms with E-state index < -0.39 is 16.8 Å². The van der Waals surface area contributed by atoms with Crippen LogP contribution in [0.2, 0.25) is 5.02 Å². The SMILES string of the molecule is CCCN(CC(=O)OC)C(=O)c1cc(Cl)cc([N+](=O)[O-])c1. The van der Waals surface area contributed by atoms with Crippen LogP contribution in [0.15, 0.2) is 18.2 Å². The Kier molecular flexibility index (Phi) is 6.10. The molecule has 0 radical (unpaired) electrons. The first-order valence-electron chi connectivity index (χ1n) is 6.20. The summed E-state index contributed by atoms with van der Waals surface area (Å²) in [6.45, 7) is 1.95. The van der Waals surface area contributed by atoms with Crippen LogP contribution in [0.4, 0.5) is 5.69 Å². The number of benzene rings is 1. The van der Waals surface area contributed by atoms with Gasteiger partial charge in [-0.3, -0.25) is 19.7 Å². The molecule has 0 saturated carbocycles. The molecule has 0 aromatic heterocycles. The normalized spacial score (nSPS) is 10.0. The third-order valence-corrected chi connectivity index (χ3v) is 2.89. The molecule has 0 atom stereocenters. The van der Waals surface area contributed by atoms with E-state index in [4.69, 9.17) is 11.6 Å². The van der Waals surface area contributed by atoms with Gasteiger partial charge in [-0.15, -0.1) is 0 Å². The Balaban J connectivity index is 3.08. The number of nitro benzene ring substituents is 1. The predicted octanol–water partition coefficient (Wildman–Crippen LogP) is 2.27. The first kappa shape index (κ1) is 16.9. The number of methoxy groups -OCH3 is 1. The number of non-ortho nitro benzene ring substituents is 1. The molecular weight excluding hydrogens is 300 g/mol. The van der Waals surface area contributed by atoms with Gasteiger partial charge in [-0.2, -0.15) is 0 Å². The first-order chi connectivity index (χ1) is 9.88. The minimum absolute atomic E-state index is 0.0616. The summed E-state index contributed by atoms with van der Waals surface area (Å²) in [5, 5.41) is 10.9. The second kappa shape index (κ2) is 7.58. The Morgan fingerprint density at radius 2 is 2.05 bits per heavy atom. The second-order valence-corrected chi connectivity index (χ2v) is 4.69. The third kappa shape index (κ3) is 4.71. The molecule has 0 fully saturated rings. The van der Waals surface area contributed by atoms with E-state index in [1.54, 1.807) is 0 Å². The van der Waals surface area contributed by atoms with E-state index in [0.717, 1.165) is 12.1 Å². The van der Waals surface area contributed by atoms with Crippen molar-refractivity contribution < 1.29 is 19.2 Å². The Bertz CT molecular complexity index is 561. The Labute approximate surface area is 126 Å². The average molecular weight is 315 g/mol. The zero-order valence-corrected chi connectivity index (χ0v) is 12.4. The number of amides is 1. The summed E-state index contributed by atoms with van der Waals surface area (Å²) < 4.78 is 4.53. The van der Waals surface area contributed by atoms with Crippen molar-refractivity contribution in [3.8, 4) is 0 Å². The van der Waals surface area contributed by atoms with E-state index in [9.17, 15) is 19.7 Å². The molecule has 8 heteroatoms. The first-order valence-corrected chi connectivity index (χ1v) is 6.58. The summed E-state index contributed by atoms with van der Waals surface area (Å²) in [6.07, 6.45) is 0.630. The van der Waals surface area contributed by atoms with E-state index in [1.807, 2.05) is 6.92 Å². The molecule has 7 nitrogen and oxygen atoms in total. The number of hydrogen-bond donors (Lipinski definition) is 0. The van der Waals surface area contributed by atoms with Gasteiger partial charge in [-0.05, 0) is 12.5 Å². The van der Waals surface area contributed by atoms with E-state index in [-0.39, 0.29) is 22.8 Å². The van der Waals surface area contributed by atoms with Crippen LogP contribution < -0.4 is 0 Å². The van der Waals surface area contributed by atoms with Crippen molar-refractivity contribution in [1.82, 2.24) is 4.90 Å². The molecule has 0 N–H and O–H groups in total. The number of ether oxygens (including phenoxy) is 1. The lowest BCUT2D eigenvalue weighted by Crippen LogP contribution is -2.36. The number of halogens is 1. The van der Waals surface area contributed by atoms with Gasteiger partial charge >= 0.3 is 5.97 Å². The largest absolute Gasteiger partial charge is 0.468 e. The van der Waals surface area contributed by atoms with Gasteiger partial charge in [0.15, 0.2) is 0 Å². The molecule has 1 aromatic rings. The van der Waals surface area contributed by atoms with Gasteiger partial charge < -0.3 is 9.64 Å². The van der Waals surface area contributed by atoms with Gasteiger partial charge in [-0.25, -0.2) is 0 Å². The molecule has 1 amide bonds. The van der Waals surface area contributed by atoms with Crippen LogP contribution in [0, 0.1) is 10.1 Å². The highest BCUT2D eigenvalue weighted by Gasteiger charge is 2.21. The van der Waals surface area contributed by atoms with Crippen molar-refractivity contribution in [2.24, 2.45) is 0 Å². The lowest BCUT2D eigenvalue weighted by atomic mass is 10.1. The highest BCUT2D eigenvalue weighted by atomic mass is 35.5. The number of hydrogen-bond acceptors (Lipinski definition) is 5. The summed E-state index contributed by atoms with van der Waals surface area (Å²) in [7, 11) is 1.22. The zero-order valence-electron chi connectivity index (χ0n) is 11.7. The Morgan fingerprint density at radius 1 is 1.38 bits per heavy atom. The van der Waals surface area contributed by atoms with Crippen LogP contribution in [-0.2, 0) is 9.53 Å². The van der Waals surface area contributed by atoms with Gasteiger partial charge in [0.2, 0.25) is 0 Å². The summed E-state index contributed by atoms with van der Waals surface area (Å²) in [5.74, 6) is -1.07. The minimum Gasteiger partial charge on any atom is -0.468 e. The van der Waals surface area contributed by atoms with Crippen molar-refractivity contribution in [3.63, 3.8) is 0 Å². The molecule has 114 valence electrons. The maximum atomic E-state index is 12.4. The van der Waals surface area contributed by atoms with Gasteiger partial charge in [0.05, 0.1) is 12.0 Å². The van der Waals surface area contributed by atoms with Gasteiger partial charge in [0.1, 0.15) is 6.54 Å². The number of nitrogens with zero attached hydrogens (tertiary/aromatic N) is 2. The number of rotatable bonds is 6. The molecular formula is C13H15ClN2O5. The maximum Gasteiger partial charge on any atom is 0.325 e. The van der Waals surface area contributed by atoms with Crippen molar-refractivity contribution in [2.45, 2.75) is 13.3 Å². The molecule has 0 aliphatic carbocycles. The molecule has 1 aromatic carbocycles. The van der Waals surface area contributed by atoms with E-state index >= 15 is 0 Å². The number of carbonyl (C=O) groups excluding carboxylic acids is 2. The summed E-state index contributed by atoms with van der Waals surface area (Å²) in [6, 6.07) is 3.62. The molecule has 21 heavy (non-hydrogen) atoms. The standard InChI is InChI=1S/C13H15ClN2O5/c1-3-4-15(8-12(17)21-2)13(18)9-5-10(14)7-11(6-9)16(19)20/h5-7H,3-4,8H2,1-2H3. The zero-order chi connectivity index (χ0) is 16.0. The summed E-state index contributed by atoms with van der Waals surface area (Å²) in [5.41, 5.74) is -0.216. The number of carbonyl (C=O) groups is 2. The monoisotopic (exact) mass is 314 g/mol. The third-order valence-electron chi connectivity index (χ3n) is 2.67. The molecule has 0 spiro atoms. The molecule has 0 aliphatic heterocycles. The maximum absolute atomic E-state index is 12.4. The van der Waals surface area contributed by atoms with Crippen LogP contribution in [0.5, 0.6) is 0 Å². The van der Waals surface area contributed by atoms with Crippen LogP contribution in [0.3, 0.4) is 0 Å². The van der Waals surface area contributed by atoms with Crippen LogP contribution in [0.25, 0.3) is 0 Å². The molecule has 0 aliphatic rings. The van der Waals surface area contributed by atoms with Gasteiger partial charge in [0.25, 0.3) is 11.6 Å². The predicted molar refractivity (Wildman–Crippen MR) is 76.3 cm³/mol. The number of nitro groups is 1. The Morgan fingerprint density at radius 3 is 2.57 bits per heavy atom. The van der Waals surface area contributed by atoms with E-state index in [0.29, 0.717) is 13.0 Å². The van der Waals surface area contributed by atoms with Crippen LogP contribution in [-0.4, -0.2) is 41.9 Å². The van der Waals surface area contributed by atoms with Gasteiger partial charge in [0, 0.05) is 29.3 Å². The van der Waals surface area contributed by atoms with E-state index in [2.05, 4.69) is 4.74 Å². The second-order valence-electron chi connectivity index (χ2n) is 4.26. The molecule has 1 rings (SSSR count). The Hall–Kier alpha value is -2.15. The topological polar surface area (TPSA) is 89.8 Å². The minimum atomic E-state index is -0.632. The quantitative estimate of drug-likeness (QED) is 0.456. The average Bonchev–Trinajstić information content (AvgIpc) is 2.45. The highest BCUT2D eigenvalue weighted by molar-refractivity contribution is 6.31. The fraction of sp³-hybridized carbons (Fsp3) is 0.385. The van der Waals surface area contributed by atoms with Gasteiger partial charge in [-0.1, -0.05) is 18.5 Å². The fourth-order valence-electron chi connectivity index (χ4n) is 1.73. The van der Waals surface area contributed by atoms with Crippen molar-refractivity contribution in [3.05, 3.63) is 38.9 Å². The fourth-order valence-corrected chi connectivity index (χ4v) is 1.96. The lowest BCUT2D eigenvalue weighted by Gasteiger charge is -2.20. The van der Waals surface area contributed by atoms with Crippen molar-refractivity contribution >= 4 is 29.2 Å². The summed E-state index contributed by atoms with van der Waals surface area (Å²) in [4.78, 5) is 35.1. The highest BCUT2D eigenvalue weighted by Crippen LogP contribution is 2.22. The van der Waals surface area contributed by atoms with E-state index in [1.165, 1.54) is 18.1 Å². The molecule has 0 heterocycles. The smallest absolute Gasteiger partial charge is 0.325 e. The molecule has 0 saturated heterocycles. The molecule has 0 bridgehead atoms. The van der Waals surface area contributed by atoms with Crippen molar-refractivity contribution in [1.29, 1.82) is 0 Å². The van der Waals surface area contributed by atoms with Crippen LogP contribution >= 0.6 is 11.6 Å². The van der Waals surface area contributed by atoms with Crippen molar-refractivity contribution in [2.75, 3.05) is 20.2 Å². The summed E-state index contributed by atoms with van der Waals surface area (Å²) >= 11 is 5.79. The lowest BCUT2D eigenvalue weighted by molar-refractivity contribution is -0.384.